The SMILES string of the molecule is C#Cc1c(F)ccc2cc(OCOP(=O)(O)O)cc(-c3ncc4c(N(C)[C@@H]5C[C@H]5F)nc(OC[C@@]56CCCN5C[C@H](F)C6)nc4c3F)c12. The number of hydrogen-bond acceptors (Lipinski definition) is 9. The van der Waals surface area contributed by atoms with Gasteiger partial charge in [-0.3, -0.25) is 9.88 Å². The lowest BCUT2D eigenvalue weighted by atomic mass is 9.95. The molecular weight excluding hydrogens is 657 g/mol. The van der Waals surface area contributed by atoms with Crippen molar-refractivity contribution in [1.82, 2.24) is 19.9 Å². The third-order valence-electron chi connectivity index (χ3n) is 9.27. The Hall–Kier alpha value is -4.06. The lowest BCUT2D eigenvalue weighted by Crippen LogP contribution is -2.43. The van der Waals surface area contributed by atoms with E-state index in [4.69, 9.17) is 25.7 Å². The van der Waals surface area contributed by atoms with Crippen LogP contribution < -0.4 is 14.4 Å². The number of alkyl halides is 2. The van der Waals surface area contributed by atoms with Crippen molar-refractivity contribution in [2.24, 2.45) is 0 Å². The molecule has 0 radical (unpaired) electrons. The second-order valence-electron chi connectivity index (χ2n) is 12.3. The van der Waals surface area contributed by atoms with Crippen molar-refractivity contribution in [2.45, 2.75) is 49.6 Å². The quantitative estimate of drug-likeness (QED) is 0.101. The van der Waals surface area contributed by atoms with Gasteiger partial charge in [0.15, 0.2) is 12.6 Å². The van der Waals surface area contributed by atoms with Crippen LogP contribution >= 0.6 is 7.82 Å². The van der Waals surface area contributed by atoms with Crippen molar-refractivity contribution in [3.63, 3.8) is 0 Å². The van der Waals surface area contributed by atoms with Crippen molar-refractivity contribution < 1.29 is 45.9 Å². The van der Waals surface area contributed by atoms with Gasteiger partial charge in [0.25, 0.3) is 0 Å². The summed E-state index contributed by atoms with van der Waals surface area (Å²) in [5.41, 5.74) is -1.25. The highest BCUT2D eigenvalue weighted by Crippen LogP contribution is 2.43. The first-order valence-electron chi connectivity index (χ1n) is 15.2. The van der Waals surface area contributed by atoms with E-state index in [-0.39, 0.29) is 63.7 Å². The zero-order valence-corrected chi connectivity index (χ0v) is 26.5. The second-order valence-corrected chi connectivity index (χ2v) is 13.6. The number of phosphoric ester groups is 1. The van der Waals surface area contributed by atoms with Crippen LogP contribution in [-0.2, 0) is 9.09 Å². The monoisotopic (exact) mass is 687 g/mol. The van der Waals surface area contributed by atoms with E-state index in [9.17, 15) is 17.7 Å². The van der Waals surface area contributed by atoms with Crippen LogP contribution in [0.2, 0.25) is 0 Å². The van der Waals surface area contributed by atoms with Gasteiger partial charge >= 0.3 is 13.8 Å². The minimum atomic E-state index is -4.87. The zero-order chi connectivity index (χ0) is 34.0. The maximum atomic E-state index is 16.8. The van der Waals surface area contributed by atoms with E-state index in [1.54, 1.807) is 11.9 Å². The van der Waals surface area contributed by atoms with Gasteiger partial charge in [-0.05, 0) is 43.0 Å². The normalized spacial score (nSPS) is 23.8. The molecule has 0 unspecified atom stereocenters. The van der Waals surface area contributed by atoms with Crippen LogP contribution in [0.25, 0.3) is 32.9 Å². The number of benzene rings is 2. The molecule has 11 nitrogen and oxygen atoms in total. The molecule has 4 heterocycles. The highest BCUT2D eigenvalue weighted by molar-refractivity contribution is 7.46. The van der Waals surface area contributed by atoms with Crippen LogP contribution in [0.3, 0.4) is 0 Å². The Morgan fingerprint density at radius 2 is 2.00 bits per heavy atom. The fraction of sp³-hybridized carbons (Fsp3) is 0.406. The van der Waals surface area contributed by atoms with Crippen LogP contribution in [0.15, 0.2) is 30.5 Å². The first-order chi connectivity index (χ1) is 22.9. The fourth-order valence-electron chi connectivity index (χ4n) is 6.89. The predicted molar refractivity (Wildman–Crippen MR) is 167 cm³/mol. The van der Waals surface area contributed by atoms with Crippen LogP contribution in [0.5, 0.6) is 11.8 Å². The van der Waals surface area contributed by atoms with E-state index >= 15 is 4.39 Å². The fourth-order valence-corrected chi connectivity index (χ4v) is 7.08. The first kappa shape index (κ1) is 32.5. The molecule has 7 rings (SSSR count). The maximum absolute atomic E-state index is 16.8. The second kappa shape index (κ2) is 12.1. The molecule has 1 aliphatic carbocycles. The zero-order valence-electron chi connectivity index (χ0n) is 25.6. The third-order valence-corrected chi connectivity index (χ3v) is 9.72. The summed E-state index contributed by atoms with van der Waals surface area (Å²) in [5.74, 6) is 0.760. The molecule has 2 aromatic heterocycles. The average molecular weight is 688 g/mol. The highest BCUT2D eigenvalue weighted by Gasteiger charge is 2.49. The Balaban J connectivity index is 1.36. The Bertz CT molecular complexity index is 2030. The molecule has 0 spiro atoms. The molecule has 2 aromatic carbocycles. The van der Waals surface area contributed by atoms with Gasteiger partial charge < -0.3 is 24.2 Å². The van der Waals surface area contributed by atoms with Crippen molar-refractivity contribution in [1.29, 1.82) is 0 Å². The van der Waals surface area contributed by atoms with Gasteiger partial charge in [-0.2, -0.15) is 9.97 Å². The minimum absolute atomic E-state index is 0.00652. The maximum Gasteiger partial charge on any atom is 0.472 e. The Labute approximate surface area is 272 Å². The van der Waals surface area contributed by atoms with Crippen molar-refractivity contribution >= 4 is 35.3 Å². The largest absolute Gasteiger partial charge is 0.472 e. The molecule has 2 N–H and O–H groups in total. The Morgan fingerprint density at radius 1 is 1.21 bits per heavy atom. The van der Waals surface area contributed by atoms with E-state index in [1.807, 2.05) is 0 Å². The van der Waals surface area contributed by atoms with Gasteiger partial charge in [0, 0.05) is 43.6 Å². The van der Waals surface area contributed by atoms with E-state index < -0.39 is 50.2 Å². The van der Waals surface area contributed by atoms with Crippen LogP contribution in [0.1, 0.15) is 31.2 Å². The van der Waals surface area contributed by atoms with Crippen molar-refractivity contribution in [2.75, 3.05) is 38.4 Å². The Morgan fingerprint density at radius 3 is 2.73 bits per heavy atom. The summed E-state index contributed by atoms with van der Waals surface area (Å²) in [6.07, 6.45) is 7.03. The molecule has 0 bridgehead atoms. The number of fused-ring (bicyclic) bond motifs is 3. The summed E-state index contributed by atoms with van der Waals surface area (Å²) < 4.78 is 87.4. The van der Waals surface area contributed by atoms with Gasteiger partial charge in [0.1, 0.15) is 47.5 Å². The number of ether oxygens (including phenoxy) is 2. The highest BCUT2D eigenvalue weighted by atomic mass is 31.2. The number of pyridine rings is 1. The standard InChI is InChI=1S/C32H30F4N5O6P/c1-3-20-23(34)6-5-17-9-19(46-16-47-48(42,43)44)10-21(26(17)20)28-27(36)29-22(13-37-28)30(40(2)25-11-24(25)35)39-31(38-29)45-15-32-7-4-8-41(32)14-18(33)12-32/h1,5-6,9-10,13,18,24-25H,4,7-8,11-12,14-16H2,2H3,(H2,42,43,44)/t18-,24-,25-,32+/m1/s1. The van der Waals surface area contributed by atoms with Gasteiger partial charge in [0.05, 0.1) is 22.5 Å². The Kier molecular flexibility index (Phi) is 8.20. The molecule has 0 amide bonds. The lowest BCUT2D eigenvalue weighted by Gasteiger charge is -2.31. The molecule has 252 valence electrons. The number of phosphoric acid groups is 1. The molecule has 4 atom stereocenters. The first-order valence-corrected chi connectivity index (χ1v) is 16.7. The smallest absolute Gasteiger partial charge is 0.467 e. The van der Waals surface area contributed by atoms with E-state index in [2.05, 4.69) is 30.3 Å². The number of halogens is 4. The summed E-state index contributed by atoms with van der Waals surface area (Å²) in [7, 11) is -3.25. The number of terminal acetylenes is 1. The van der Waals surface area contributed by atoms with Gasteiger partial charge in [-0.1, -0.05) is 12.0 Å². The summed E-state index contributed by atoms with van der Waals surface area (Å²) >= 11 is 0. The minimum Gasteiger partial charge on any atom is -0.467 e. The molecule has 48 heavy (non-hydrogen) atoms. The lowest BCUT2D eigenvalue weighted by molar-refractivity contribution is 0.0830. The van der Waals surface area contributed by atoms with E-state index in [1.165, 1.54) is 24.4 Å². The van der Waals surface area contributed by atoms with Gasteiger partial charge in [0.2, 0.25) is 0 Å². The molecule has 2 saturated heterocycles. The number of hydrogen-bond donors (Lipinski definition) is 2. The summed E-state index contributed by atoms with van der Waals surface area (Å²) in [5, 5.41) is 0.591. The van der Waals surface area contributed by atoms with E-state index in [0.29, 0.717) is 18.4 Å². The number of aromatic nitrogens is 3. The molecule has 4 aromatic rings. The molecular formula is C32H30F4N5O6P. The molecule has 3 fully saturated rings. The van der Waals surface area contributed by atoms with Gasteiger partial charge in [-0.25, -0.2) is 26.7 Å². The number of anilines is 1. The molecule has 2 aliphatic heterocycles. The number of nitrogens with zero attached hydrogens (tertiary/aromatic N) is 5. The topological polar surface area (TPSA) is 130 Å². The van der Waals surface area contributed by atoms with E-state index in [0.717, 1.165) is 25.5 Å². The molecule has 3 aliphatic rings. The van der Waals surface area contributed by atoms with Crippen LogP contribution in [0, 0.1) is 24.0 Å². The third kappa shape index (κ3) is 5.92. The van der Waals surface area contributed by atoms with Crippen LogP contribution in [0.4, 0.5) is 23.4 Å². The summed E-state index contributed by atoms with van der Waals surface area (Å²) in [6, 6.07) is 4.52. The number of rotatable bonds is 10. The van der Waals surface area contributed by atoms with Crippen LogP contribution in [-0.4, -0.2) is 87.1 Å². The predicted octanol–water partition coefficient (Wildman–Crippen LogP) is 5.05. The van der Waals surface area contributed by atoms with Crippen molar-refractivity contribution in [3.05, 3.63) is 47.7 Å². The van der Waals surface area contributed by atoms with Gasteiger partial charge in [-0.15, -0.1) is 6.42 Å². The van der Waals surface area contributed by atoms with Crippen molar-refractivity contribution in [3.8, 4) is 35.4 Å². The molecule has 1 saturated carbocycles. The summed E-state index contributed by atoms with van der Waals surface area (Å²) in [4.78, 5) is 35.0. The molecule has 16 heteroatoms. The average Bonchev–Trinajstić information content (AvgIpc) is 3.52. The summed E-state index contributed by atoms with van der Waals surface area (Å²) in [6.45, 7) is 0.264.